The summed E-state index contributed by atoms with van der Waals surface area (Å²) < 4.78 is 6.31. The van der Waals surface area contributed by atoms with E-state index in [1.807, 2.05) is 33.8 Å². The predicted molar refractivity (Wildman–Crippen MR) is 195 cm³/mol. The lowest BCUT2D eigenvalue weighted by Crippen LogP contribution is -2.44. The van der Waals surface area contributed by atoms with Gasteiger partial charge in [-0.15, -0.1) is 0 Å². The van der Waals surface area contributed by atoms with E-state index in [1.165, 1.54) is 32.7 Å². The van der Waals surface area contributed by atoms with Gasteiger partial charge >= 0.3 is 7.48 Å². The fourth-order valence-corrected chi connectivity index (χ4v) is 7.14. The topological polar surface area (TPSA) is 55.2 Å². The molecule has 7 rings (SSSR count). The van der Waals surface area contributed by atoms with Gasteiger partial charge < -0.3 is 9.76 Å². The van der Waals surface area contributed by atoms with Gasteiger partial charge in [0.2, 0.25) is 0 Å². The van der Waals surface area contributed by atoms with Crippen molar-refractivity contribution < 1.29 is 9.76 Å². The van der Waals surface area contributed by atoms with Crippen LogP contribution in [-0.2, 0) is 4.65 Å². The first-order valence-corrected chi connectivity index (χ1v) is 16.2. The van der Waals surface area contributed by atoms with Crippen LogP contribution in [0.25, 0.3) is 65.9 Å². The Balaban J connectivity index is 1.56. The summed E-state index contributed by atoms with van der Waals surface area (Å²) in [6.07, 6.45) is -0.567. The standard InChI is InChI=1S/C41H39BN2O2/c1-24(2)40(45)41(5,6)46-42-29-21-22-31-33(23-29)44-39(28-17-11-8-12-18-28)37-25(3)34-30-19-13-14-20-32(30)43-38(27-15-9-7-10-16-27)36(34)26(4)35(31)37/h7-24,40,42,45H,1-6H3. The van der Waals surface area contributed by atoms with Crippen LogP contribution >= 0.6 is 0 Å². The van der Waals surface area contributed by atoms with Gasteiger partial charge in [-0.3, -0.25) is 0 Å². The molecule has 228 valence electrons. The van der Waals surface area contributed by atoms with Crippen molar-refractivity contribution in [3.05, 3.63) is 114 Å². The zero-order valence-electron chi connectivity index (χ0n) is 27.4. The molecule has 1 unspecified atom stereocenters. The van der Waals surface area contributed by atoms with Crippen LogP contribution in [0.3, 0.4) is 0 Å². The molecule has 0 bridgehead atoms. The lowest BCUT2D eigenvalue weighted by Gasteiger charge is -2.33. The normalized spacial score (nSPS) is 12.9. The number of nitrogens with zero attached hydrogens (tertiary/aromatic N) is 2. The maximum Gasteiger partial charge on any atom is 0.309 e. The second-order valence-corrected chi connectivity index (χ2v) is 13.4. The SMILES string of the molecule is Cc1c2c(-c3ccccc3)nc3cc(BOC(C)(C)C(O)C(C)C)ccc3c2c(C)c2c(-c3ccccc3)nc3ccccc3c12. The van der Waals surface area contributed by atoms with Crippen molar-refractivity contribution in [1.82, 2.24) is 9.97 Å². The van der Waals surface area contributed by atoms with Gasteiger partial charge in [0.05, 0.1) is 34.1 Å². The molecule has 7 aromatic rings. The minimum atomic E-state index is -0.675. The van der Waals surface area contributed by atoms with E-state index in [-0.39, 0.29) is 5.92 Å². The molecule has 0 aliphatic rings. The maximum absolute atomic E-state index is 10.8. The van der Waals surface area contributed by atoms with Crippen molar-refractivity contribution in [1.29, 1.82) is 0 Å². The molecule has 5 heteroatoms. The second kappa shape index (κ2) is 11.7. The summed E-state index contributed by atoms with van der Waals surface area (Å²) in [7, 11) is 0.386. The highest BCUT2D eigenvalue weighted by Crippen LogP contribution is 2.45. The van der Waals surface area contributed by atoms with Gasteiger partial charge in [0.15, 0.2) is 0 Å². The number of fused-ring (bicyclic) bond motifs is 6. The number of aliphatic hydroxyl groups is 1. The van der Waals surface area contributed by atoms with Gasteiger partial charge in [-0.05, 0) is 67.6 Å². The van der Waals surface area contributed by atoms with E-state index < -0.39 is 11.7 Å². The van der Waals surface area contributed by atoms with Crippen LogP contribution in [0, 0.1) is 19.8 Å². The summed E-state index contributed by atoms with van der Waals surface area (Å²) in [4.78, 5) is 10.7. The molecular weight excluding hydrogens is 563 g/mol. The van der Waals surface area contributed by atoms with Crippen molar-refractivity contribution in [3.63, 3.8) is 0 Å². The van der Waals surface area contributed by atoms with Gasteiger partial charge in [0, 0.05) is 32.7 Å². The third-order valence-corrected chi connectivity index (χ3v) is 9.49. The fraction of sp³-hybridized carbons (Fsp3) is 0.220. The molecule has 2 heterocycles. The summed E-state index contributed by atoms with van der Waals surface area (Å²) in [5.41, 5.74) is 8.82. The first kappa shape index (κ1) is 30.1. The Morgan fingerprint density at radius 3 is 1.70 bits per heavy atom. The number of para-hydroxylation sites is 1. The van der Waals surface area contributed by atoms with Crippen LogP contribution in [-0.4, -0.2) is 34.3 Å². The molecule has 0 saturated carbocycles. The van der Waals surface area contributed by atoms with Crippen molar-refractivity contribution in [2.45, 2.75) is 53.2 Å². The number of rotatable bonds is 7. The van der Waals surface area contributed by atoms with Crippen LogP contribution in [0.1, 0.15) is 38.8 Å². The predicted octanol–water partition coefficient (Wildman–Crippen LogP) is 8.83. The van der Waals surface area contributed by atoms with E-state index in [0.717, 1.165) is 49.8 Å². The van der Waals surface area contributed by atoms with Gasteiger partial charge in [0.1, 0.15) is 0 Å². The highest BCUT2D eigenvalue weighted by atomic mass is 16.5. The van der Waals surface area contributed by atoms with Gasteiger partial charge in [-0.2, -0.15) is 0 Å². The van der Waals surface area contributed by atoms with Crippen LogP contribution < -0.4 is 5.46 Å². The van der Waals surface area contributed by atoms with Crippen molar-refractivity contribution in [3.8, 4) is 22.5 Å². The molecule has 4 nitrogen and oxygen atoms in total. The molecule has 0 aliphatic carbocycles. The third-order valence-electron chi connectivity index (χ3n) is 9.49. The Kier molecular flexibility index (Phi) is 7.63. The molecule has 0 radical (unpaired) electrons. The van der Waals surface area contributed by atoms with Gasteiger partial charge in [-0.25, -0.2) is 9.97 Å². The number of hydrogen-bond donors (Lipinski definition) is 1. The molecule has 2 aromatic heterocycles. The monoisotopic (exact) mass is 602 g/mol. The van der Waals surface area contributed by atoms with E-state index in [9.17, 15) is 5.11 Å². The minimum absolute atomic E-state index is 0.0986. The van der Waals surface area contributed by atoms with E-state index in [1.54, 1.807) is 0 Å². The Bertz CT molecular complexity index is 2250. The minimum Gasteiger partial charge on any atom is -0.427 e. The molecule has 0 spiro atoms. The highest BCUT2D eigenvalue weighted by Gasteiger charge is 2.31. The quantitative estimate of drug-likeness (QED) is 0.113. The molecule has 46 heavy (non-hydrogen) atoms. The Hall–Kier alpha value is -4.58. The number of hydrogen-bond acceptors (Lipinski definition) is 4. The average molecular weight is 603 g/mol. The van der Waals surface area contributed by atoms with Gasteiger partial charge in [-0.1, -0.05) is 110 Å². The summed E-state index contributed by atoms with van der Waals surface area (Å²) in [6.45, 7) is 12.4. The van der Waals surface area contributed by atoms with Crippen molar-refractivity contribution in [2.75, 3.05) is 0 Å². The second-order valence-electron chi connectivity index (χ2n) is 13.4. The molecule has 0 saturated heterocycles. The number of aryl methyl sites for hydroxylation is 2. The number of pyridine rings is 2. The Morgan fingerprint density at radius 2 is 1.13 bits per heavy atom. The molecule has 1 N–H and O–H groups in total. The smallest absolute Gasteiger partial charge is 0.309 e. The van der Waals surface area contributed by atoms with E-state index in [2.05, 4.69) is 111 Å². The third kappa shape index (κ3) is 5.04. The molecular formula is C41H39BN2O2. The Labute approximate surface area is 271 Å². The average Bonchev–Trinajstić information content (AvgIpc) is 3.08. The van der Waals surface area contributed by atoms with Crippen LogP contribution in [0.5, 0.6) is 0 Å². The van der Waals surface area contributed by atoms with Crippen LogP contribution in [0.4, 0.5) is 0 Å². The zero-order chi connectivity index (χ0) is 32.2. The molecule has 0 amide bonds. The lowest BCUT2D eigenvalue weighted by atomic mass is 9.82. The molecule has 1 atom stereocenters. The fourth-order valence-electron chi connectivity index (χ4n) is 7.14. The molecule has 0 aliphatic heterocycles. The number of benzene rings is 5. The van der Waals surface area contributed by atoms with Crippen LogP contribution in [0.15, 0.2) is 103 Å². The maximum atomic E-state index is 10.8. The van der Waals surface area contributed by atoms with E-state index in [4.69, 9.17) is 14.6 Å². The molecule has 0 fully saturated rings. The van der Waals surface area contributed by atoms with Crippen molar-refractivity contribution in [2.24, 2.45) is 5.92 Å². The van der Waals surface area contributed by atoms with E-state index >= 15 is 0 Å². The van der Waals surface area contributed by atoms with Crippen LogP contribution in [0.2, 0.25) is 0 Å². The number of aromatic nitrogens is 2. The van der Waals surface area contributed by atoms with Crippen molar-refractivity contribution >= 4 is 56.3 Å². The summed E-state index contributed by atoms with van der Waals surface area (Å²) >= 11 is 0. The summed E-state index contributed by atoms with van der Waals surface area (Å²) in [5, 5.41) is 17.8. The van der Waals surface area contributed by atoms with E-state index in [0.29, 0.717) is 7.48 Å². The lowest BCUT2D eigenvalue weighted by molar-refractivity contribution is -0.0499. The summed E-state index contributed by atoms with van der Waals surface area (Å²) in [6, 6.07) is 36.0. The highest BCUT2D eigenvalue weighted by molar-refractivity contribution is 6.47. The van der Waals surface area contributed by atoms with Gasteiger partial charge in [0.25, 0.3) is 0 Å². The number of aliphatic hydroxyl groups excluding tert-OH is 1. The first-order chi connectivity index (χ1) is 22.2. The molecule has 5 aromatic carbocycles. The Morgan fingerprint density at radius 1 is 0.630 bits per heavy atom. The largest absolute Gasteiger partial charge is 0.427 e. The first-order valence-electron chi connectivity index (χ1n) is 16.2. The zero-order valence-corrected chi connectivity index (χ0v) is 27.4. The summed E-state index contributed by atoms with van der Waals surface area (Å²) in [5.74, 6) is 0.0986.